The van der Waals surface area contributed by atoms with Gasteiger partial charge in [0.1, 0.15) is 11.9 Å². The number of para-hydroxylation sites is 2. The summed E-state index contributed by atoms with van der Waals surface area (Å²) in [7, 11) is 0. The van der Waals surface area contributed by atoms with Gasteiger partial charge in [0.2, 0.25) is 5.82 Å². The smallest absolute Gasteiger partial charge is 0.450 e. The Morgan fingerprint density at radius 2 is 1.92 bits per heavy atom. The van der Waals surface area contributed by atoms with E-state index in [2.05, 4.69) is 10.3 Å². The van der Waals surface area contributed by atoms with Crippen LogP contribution in [-0.4, -0.2) is 21.6 Å². The molecule has 1 aliphatic rings. The molecule has 1 aromatic heterocycles. The van der Waals surface area contributed by atoms with Gasteiger partial charge in [-0.15, -0.1) is 0 Å². The van der Waals surface area contributed by atoms with Crippen LogP contribution < -0.4 is 10.1 Å². The molecule has 1 N–H and O–H groups in total. The number of carbonyl (C=O) groups is 1. The monoisotopic (exact) mass is 495 g/mol. The SMILES string of the molecule is CC(=O)O[C@H]1c2ccc(NCc3cccc(-n4c(C(F)(F)F)nc5ccccc54)c3C)cc2OC1C. The van der Waals surface area contributed by atoms with E-state index in [-0.39, 0.29) is 17.6 Å². The molecule has 6 nitrogen and oxygen atoms in total. The van der Waals surface area contributed by atoms with Crippen molar-refractivity contribution in [1.82, 2.24) is 9.55 Å². The number of hydrogen-bond donors (Lipinski definition) is 1. The number of nitrogens with zero attached hydrogens (tertiary/aromatic N) is 2. The molecule has 2 heterocycles. The molecule has 5 rings (SSSR count). The van der Waals surface area contributed by atoms with Crippen LogP contribution in [0.15, 0.2) is 60.7 Å². The summed E-state index contributed by atoms with van der Waals surface area (Å²) in [5.41, 5.74) is 4.22. The van der Waals surface area contributed by atoms with Crippen LogP contribution in [0.1, 0.15) is 42.5 Å². The van der Waals surface area contributed by atoms with E-state index in [1.807, 2.05) is 31.2 Å². The highest BCUT2D eigenvalue weighted by Gasteiger charge is 2.38. The Hall–Kier alpha value is -4.01. The first-order valence-corrected chi connectivity index (χ1v) is 11.5. The first-order valence-electron chi connectivity index (χ1n) is 11.5. The molecule has 2 atom stereocenters. The fourth-order valence-corrected chi connectivity index (χ4v) is 4.60. The van der Waals surface area contributed by atoms with Crippen molar-refractivity contribution in [2.75, 3.05) is 5.32 Å². The standard InChI is InChI=1S/C27H24F3N3O3/c1-15-18(14-31-19-11-12-20-24(13-19)35-16(2)25(20)36-17(3)34)7-6-10-22(15)33-23-9-5-4-8-21(23)32-26(33)27(28,29)30/h4-13,16,25,31H,14H2,1-3H3/t16?,25-/m1/s1. The number of hydrogen-bond acceptors (Lipinski definition) is 5. The minimum atomic E-state index is -4.61. The lowest BCUT2D eigenvalue weighted by molar-refractivity contribution is -0.149. The van der Waals surface area contributed by atoms with Crippen LogP contribution in [0, 0.1) is 6.92 Å². The second kappa shape index (κ2) is 8.89. The Balaban J connectivity index is 1.44. The van der Waals surface area contributed by atoms with Gasteiger partial charge in [-0.05, 0) is 55.3 Å². The number of esters is 1. The number of halogens is 3. The fourth-order valence-electron chi connectivity index (χ4n) is 4.60. The molecule has 36 heavy (non-hydrogen) atoms. The molecule has 0 aliphatic carbocycles. The second-order valence-electron chi connectivity index (χ2n) is 8.78. The first-order chi connectivity index (χ1) is 17.1. The van der Waals surface area contributed by atoms with E-state index in [1.54, 1.807) is 43.3 Å². The Morgan fingerprint density at radius 1 is 1.14 bits per heavy atom. The van der Waals surface area contributed by atoms with Gasteiger partial charge >= 0.3 is 12.1 Å². The molecule has 0 radical (unpaired) electrons. The summed E-state index contributed by atoms with van der Waals surface area (Å²) in [6.45, 7) is 5.39. The summed E-state index contributed by atoms with van der Waals surface area (Å²) in [6, 6.07) is 17.4. The highest BCUT2D eigenvalue weighted by Crippen LogP contribution is 2.41. The average molecular weight is 496 g/mol. The molecule has 4 aromatic rings. The predicted molar refractivity (Wildman–Crippen MR) is 129 cm³/mol. The number of fused-ring (bicyclic) bond motifs is 2. The zero-order valence-corrected chi connectivity index (χ0v) is 19.9. The van der Waals surface area contributed by atoms with Gasteiger partial charge in [0.05, 0.1) is 16.7 Å². The number of anilines is 1. The third-order valence-corrected chi connectivity index (χ3v) is 6.31. The minimum absolute atomic E-state index is 0.284. The number of nitrogens with one attached hydrogen (secondary N) is 1. The first kappa shape index (κ1) is 23.7. The number of benzene rings is 3. The third kappa shape index (κ3) is 4.25. The summed E-state index contributed by atoms with van der Waals surface area (Å²) < 4.78 is 54.0. The van der Waals surface area contributed by atoms with Gasteiger partial charge in [0.15, 0.2) is 6.10 Å². The van der Waals surface area contributed by atoms with E-state index in [1.165, 1.54) is 11.5 Å². The molecule has 3 aromatic carbocycles. The lowest BCUT2D eigenvalue weighted by Gasteiger charge is -2.17. The summed E-state index contributed by atoms with van der Waals surface area (Å²) in [5.74, 6) is -0.701. The van der Waals surface area contributed by atoms with Crippen molar-refractivity contribution < 1.29 is 27.4 Å². The summed E-state index contributed by atoms with van der Waals surface area (Å²) >= 11 is 0. The Morgan fingerprint density at radius 3 is 2.67 bits per heavy atom. The topological polar surface area (TPSA) is 65.4 Å². The number of aromatic nitrogens is 2. The van der Waals surface area contributed by atoms with E-state index >= 15 is 0 Å². The predicted octanol–water partition coefficient (Wildman–Crippen LogP) is 6.35. The average Bonchev–Trinajstić information content (AvgIpc) is 3.36. The number of rotatable bonds is 5. The van der Waals surface area contributed by atoms with Crippen molar-refractivity contribution in [3.63, 3.8) is 0 Å². The number of alkyl halides is 3. The Labute approximate surface area is 205 Å². The van der Waals surface area contributed by atoms with Gasteiger partial charge in [-0.25, -0.2) is 4.98 Å². The van der Waals surface area contributed by atoms with Crippen molar-refractivity contribution in [3.05, 3.63) is 83.2 Å². The fraction of sp³-hybridized carbons (Fsp3) is 0.259. The number of ether oxygens (including phenoxy) is 2. The van der Waals surface area contributed by atoms with Gasteiger partial charge in [0.25, 0.3) is 0 Å². The van der Waals surface area contributed by atoms with E-state index < -0.39 is 18.1 Å². The molecule has 0 saturated carbocycles. The number of carbonyl (C=O) groups excluding carboxylic acids is 1. The second-order valence-corrected chi connectivity index (χ2v) is 8.78. The van der Waals surface area contributed by atoms with Crippen molar-refractivity contribution >= 4 is 22.7 Å². The maximum Gasteiger partial charge on any atom is 0.450 e. The van der Waals surface area contributed by atoms with Gasteiger partial charge in [-0.1, -0.05) is 24.3 Å². The number of imidazole rings is 1. The lowest BCUT2D eigenvalue weighted by Crippen LogP contribution is -2.18. The molecule has 0 fully saturated rings. The molecule has 0 saturated heterocycles. The van der Waals surface area contributed by atoms with Gasteiger partial charge in [-0.2, -0.15) is 13.2 Å². The molecular weight excluding hydrogens is 471 g/mol. The summed E-state index contributed by atoms with van der Waals surface area (Å²) in [4.78, 5) is 15.3. The lowest BCUT2D eigenvalue weighted by atomic mass is 10.0. The molecule has 1 unspecified atom stereocenters. The maximum atomic E-state index is 13.9. The van der Waals surface area contributed by atoms with Crippen LogP contribution >= 0.6 is 0 Å². The quantitative estimate of drug-likeness (QED) is 0.327. The summed E-state index contributed by atoms with van der Waals surface area (Å²) in [6.07, 6.45) is -5.37. The zero-order chi connectivity index (χ0) is 25.6. The molecule has 186 valence electrons. The van der Waals surface area contributed by atoms with E-state index in [4.69, 9.17) is 9.47 Å². The van der Waals surface area contributed by atoms with Crippen molar-refractivity contribution in [2.45, 2.75) is 45.7 Å². The molecule has 9 heteroatoms. The van der Waals surface area contributed by atoms with Gasteiger partial charge in [-0.3, -0.25) is 9.36 Å². The summed E-state index contributed by atoms with van der Waals surface area (Å²) in [5, 5.41) is 3.32. The normalized spacial score (nSPS) is 17.1. The molecule has 0 bridgehead atoms. The van der Waals surface area contributed by atoms with E-state index in [0.29, 0.717) is 29.1 Å². The van der Waals surface area contributed by atoms with Crippen molar-refractivity contribution in [2.24, 2.45) is 0 Å². The molecular formula is C27H24F3N3O3. The van der Waals surface area contributed by atoms with Crippen LogP contribution in [0.5, 0.6) is 5.75 Å². The zero-order valence-electron chi connectivity index (χ0n) is 19.9. The molecule has 0 spiro atoms. The highest BCUT2D eigenvalue weighted by molar-refractivity contribution is 5.79. The van der Waals surface area contributed by atoms with Crippen molar-refractivity contribution in [1.29, 1.82) is 0 Å². The Bertz CT molecular complexity index is 1460. The highest BCUT2D eigenvalue weighted by atomic mass is 19.4. The van der Waals surface area contributed by atoms with Crippen molar-refractivity contribution in [3.8, 4) is 11.4 Å². The van der Waals surface area contributed by atoms with Crippen LogP contribution in [0.3, 0.4) is 0 Å². The Kier molecular flexibility index (Phi) is 5.86. The minimum Gasteiger partial charge on any atom is -0.486 e. The largest absolute Gasteiger partial charge is 0.486 e. The molecule has 0 amide bonds. The van der Waals surface area contributed by atoms with Crippen LogP contribution in [-0.2, 0) is 22.3 Å². The molecule has 1 aliphatic heterocycles. The van der Waals surface area contributed by atoms with Crippen LogP contribution in [0.2, 0.25) is 0 Å². The van der Waals surface area contributed by atoms with E-state index in [9.17, 15) is 18.0 Å². The van der Waals surface area contributed by atoms with E-state index in [0.717, 1.165) is 16.8 Å². The van der Waals surface area contributed by atoms with Crippen LogP contribution in [0.25, 0.3) is 16.7 Å². The van der Waals surface area contributed by atoms with Crippen LogP contribution in [0.4, 0.5) is 18.9 Å². The third-order valence-electron chi connectivity index (χ3n) is 6.31. The van der Waals surface area contributed by atoms with Gasteiger partial charge in [0, 0.05) is 30.8 Å². The van der Waals surface area contributed by atoms with Gasteiger partial charge < -0.3 is 14.8 Å². The maximum absolute atomic E-state index is 13.9.